The number of nitrogens with one attached hydrogen (secondary N) is 2. The van der Waals surface area contributed by atoms with E-state index in [-0.39, 0.29) is 30.3 Å². The summed E-state index contributed by atoms with van der Waals surface area (Å²) in [5, 5.41) is 10.9. The average Bonchev–Trinajstić information content (AvgIpc) is 2.86. The topological polar surface area (TPSA) is 134 Å². The quantitative estimate of drug-likeness (QED) is 0.458. The number of carbonyl (C=O) groups is 1. The average molecular weight is 470 g/mol. The summed E-state index contributed by atoms with van der Waals surface area (Å²) in [5.41, 5.74) is 0.758. The van der Waals surface area contributed by atoms with Crippen LogP contribution in [0, 0.1) is 0 Å². The zero-order valence-corrected chi connectivity index (χ0v) is 19.6. The van der Waals surface area contributed by atoms with E-state index < -0.39 is 5.56 Å². The van der Waals surface area contributed by atoms with Gasteiger partial charge in [-0.1, -0.05) is 0 Å². The van der Waals surface area contributed by atoms with Gasteiger partial charge in [-0.2, -0.15) is 0 Å². The third-order valence-electron chi connectivity index (χ3n) is 4.96. The summed E-state index contributed by atoms with van der Waals surface area (Å²) >= 11 is 0. The van der Waals surface area contributed by atoms with E-state index in [1.54, 1.807) is 30.3 Å². The van der Waals surface area contributed by atoms with Gasteiger partial charge in [0.1, 0.15) is 5.69 Å². The number of H-pyrrole nitrogens is 1. The smallest absolute Gasteiger partial charge is 0.273 e. The highest BCUT2D eigenvalue weighted by Crippen LogP contribution is 2.40. The summed E-state index contributed by atoms with van der Waals surface area (Å²) in [4.78, 5) is 27.6. The highest BCUT2D eigenvalue weighted by Gasteiger charge is 2.17. The maximum Gasteiger partial charge on any atom is 0.273 e. The fraction of sp³-hybridized carbons (Fsp3) is 0.304. The minimum absolute atomic E-state index is 0.0373. The fourth-order valence-electron chi connectivity index (χ4n) is 3.24. The molecule has 1 heterocycles. The highest BCUT2D eigenvalue weighted by molar-refractivity contribution is 5.91. The third-order valence-corrected chi connectivity index (χ3v) is 4.96. The third kappa shape index (κ3) is 5.37. The molecule has 0 fully saturated rings. The van der Waals surface area contributed by atoms with Crippen LogP contribution in [0.4, 0.5) is 5.69 Å². The Bertz CT molecular complexity index is 1200. The van der Waals surface area contributed by atoms with Crippen molar-refractivity contribution in [2.45, 2.75) is 12.8 Å². The molecule has 0 unspecified atom stereocenters. The Morgan fingerprint density at radius 3 is 2.06 bits per heavy atom. The first-order valence-corrected chi connectivity index (χ1v) is 10.2. The lowest BCUT2D eigenvalue weighted by molar-refractivity contribution is -0.116. The number of amides is 1. The van der Waals surface area contributed by atoms with Crippen LogP contribution >= 0.6 is 0 Å². The lowest BCUT2D eigenvalue weighted by Gasteiger charge is -2.13. The van der Waals surface area contributed by atoms with Crippen LogP contribution in [-0.2, 0) is 11.2 Å². The molecular formula is C23H26N4O7. The molecule has 0 atom stereocenters. The number of aryl methyl sites for hydroxylation is 1. The minimum Gasteiger partial charge on any atom is -0.493 e. The van der Waals surface area contributed by atoms with Crippen molar-refractivity contribution in [3.63, 3.8) is 0 Å². The van der Waals surface area contributed by atoms with E-state index in [9.17, 15) is 9.59 Å². The molecule has 0 saturated heterocycles. The lowest BCUT2D eigenvalue weighted by atomic mass is 10.1. The van der Waals surface area contributed by atoms with Crippen LogP contribution in [-0.4, -0.2) is 56.6 Å². The second kappa shape index (κ2) is 11.0. The summed E-state index contributed by atoms with van der Waals surface area (Å²) in [5.74, 6) is 2.22. The number of hydrogen-bond acceptors (Lipinski definition) is 9. The molecule has 180 valence electrons. The summed E-state index contributed by atoms with van der Waals surface area (Å²) in [6.45, 7) is 0. The van der Waals surface area contributed by atoms with Crippen LogP contribution in [0.25, 0.3) is 11.4 Å². The van der Waals surface area contributed by atoms with Crippen molar-refractivity contribution in [1.82, 2.24) is 15.2 Å². The maximum absolute atomic E-state index is 12.6. The van der Waals surface area contributed by atoms with Crippen LogP contribution in [0.15, 0.2) is 35.1 Å². The van der Waals surface area contributed by atoms with Crippen LogP contribution < -0.4 is 34.6 Å². The van der Waals surface area contributed by atoms with Gasteiger partial charge in [-0.15, -0.1) is 10.2 Å². The second-order valence-corrected chi connectivity index (χ2v) is 6.98. The largest absolute Gasteiger partial charge is 0.493 e. The Hall–Kier alpha value is -4.28. The van der Waals surface area contributed by atoms with Gasteiger partial charge in [0.2, 0.25) is 11.7 Å². The van der Waals surface area contributed by atoms with Crippen LogP contribution in [0.2, 0.25) is 0 Å². The van der Waals surface area contributed by atoms with E-state index in [1.807, 2.05) is 0 Å². The Morgan fingerprint density at radius 1 is 0.853 bits per heavy atom. The van der Waals surface area contributed by atoms with Gasteiger partial charge < -0.3 is 34.0 Å². The van der Waals surface area contributed by atoms with Gasteiger partial charge in [-0.05, 0) is 24.3 Å². The molecule has 0 spiro atoms. The summed E-state index contributed by atoms with van der Waals surface area (Å²) < 4.78 is 26.4. The number of benzene rings is 2. The number of rotatable bonds is 10. The molecule has 34 heavy (non-hydrogen) atoms. The van der Waals surface area contributed by atoms with E-state index in [4.69, 9.17) is 23.7 Å². The van der Waals surface area contributed by atoms with Crippen molar-refractivity contribution in [2.24, 2.45) is 0 Å². The molecule has 3 aromatic rings. The molecule has 0 aliphatic carbocycles. The van der Waals surface area contributed by atoms with Crippen LogP contribution in [0.1, 0.15) is 12.1 Å². The Kier molecular flexibility index (Phi) is 7.91. The summed E-state index contributed by atoms with van der Waals surface area (Å²) in [6, 6.07) is 8.33. The Balaban J connectivity index is 1.72. The number of carbonyl (C=O) groups excluding carboxylic acids is 1. The maximum atomic E-state index is 12.6. The molecule has 3 rings (SSSR count). The number of hydrogen-bond donors (Lipinski definition) is 2. The molecular weight excluding hydrogens is 444 g/mol. The second-order valence-electron chi connectivity index (χ2n) is 6.98. The van der Waals surface area contributed by atoms with Crippen molar-refractivity contribution in [3.8, 4) is 40.1 Å². The van der Waals surface area contributed by atoms with E-state index >= 15 is 0 Å². The number of anilines is 1. The van der Waals surface area contributed by atoms with Gasteiger partial charge >= 0.3 is 0 Å². The van der Waals surface area contributed by atoms with E-state index in [2.05, 4.69) is 20.5 Å². The van der Waals surface area contributed by atoms with Gasteiger partial charge in [0, 0.05) is 30.2 Å². The van der Waals surface area contributed by atoms with Gasteiger partial charge in [0.05, 0.1) is 35.5 Å². The van der Waals surface area contributed by atoms with Crippen LogP contribution in [0.5, 0.6) is 28.7 Å². The van der Waals surface area contributed by atoms with E-state index in [1.165, 1.54) is 35.5 Å². The summed E-state index contributed by atoms with van der Waals surface area (Å²) in [6.07, 6.45) is 0.145. The van der Waals surface area contributed by atoms with E-state index in [0.29, 0.717) is 40.0 Å². The van der Waals surface area contributed by atoms with Crippen molar-refractivity contribution >= 4 is 11.6 Å². The number of methoxy groups -OCH3 is 5. The molecule has 2 N–H and O–H groups in total. The molecule has 11 nitrogen and oxygen atoms in total. The van der Waals surface area contributed by atoms with Gasteiger partial charge in [-0.25, -0.2) is 0 Å². The monoisotopic (exact) mass is 470 g/mol. The first-order valence-electron chi connectivity index (χ1n) is 10.2. The Morgan fingerprint density at radius 2 is 1.50 bits per heavy atom. The molecule has 1 aromatic heterocycles. The SMILES string of the molecule is COc1ccc(NC(=O)CCc2nnc(-c3cc(OC)c(OC)c(OC)c3)[nH]c2=O)cc1OC. The molecule has 1 amide bonds. The van der Waals surface area contributed by atoms with Crippen LogP contribution in [0.3, 0.4) is 0 Å². The summed E-state index contributed by atoms with van der Waals surface area (Å²) in [7, 11) is 7.52. The number of ether oxygens (including phenoxy) is 5. The molecule has 0 radical (unpaired) electrons. The normalized spacial score (nSPS) is 10.4. The van der Waals surface area contributed by atoms with Crippen molar-refractivity contribution in [2.75, 3.05) is 40.9 Å². The molecule has 0 aliphatic heterocycles. The molecule has 0 saturated carbocycles. The van der Waals surface area contributed by atoms with Gasteiger partial charge in [0.15, 0.2) is 28.8 Å². The van der Waals surface area contributed by atoms with Gasteiger partial charge in [0.25, 0.3) is 5.56 Å². The zero-order valence-electron chi connectivity index (χ0n) is 19.6. The van der Waals surface area contributed by atoms with Crippen molar-refractivity contribution in [3.05, 3.63) is 46.4 Å². The molecule has 2 aromatic carbocycles. The first kappa shape index (κ1) is 24.4. The zero-order chi connectivity index (χ0) is 24.7. The molecule has 0 aliphatic rings. The fourth-order valence-corrected chi connectivity index (χ4v) is 3.24. The lowest BCUT2D eigenvalue weighted by Crippen LogP contribution is -2.20. The molecule has 11 heteroatoms. The predicted molar refractivity (Wildman–Crippen MR) is 124 cm³/mol. The number of nitrogens with zero attached hydrogens (tertiary/aromatic N) is 2. The predicted octanol–water partition coefficient (Wildman–Crippen LogP) is 2.45. The van der Waals surface area contributed by atoms with E-state index in [0.717, 1.165) is 0 Å². The van der Waals surface area contributed by atoms with Crippen molar-refractivity contribution < 1.29 is 28.5 Å². The first-order chi connectivity index (χ1) is 16.4. The molecule has 0 bridgehead atoms. The number of aromatic amines is 1. The number of aromatic nitrogens is 3. The minimum atomic E-state index is -0.447. The highest BCUT2D eigenvalue weighted by atomic mass is 16.5. The Labute approximate surface area is 196 Å². The standard InChI is InChI=1S/C23H26N4O7/c1-30-16-8-6-14(12-17(16)31-2)24-20(28)9-7-15-23(29)25-22(27-26-15)13-10-18(32-3)21(34-5)19(11-13)33-4/h6,8,10-12H,7,9H2,1-5H3,(H,24,28)(H,25,27,29). The van der Waals surface area contributed by atoms with Gasteiger partial charge in [-0.3, -0.25) is 9.59 Å². The van der Waals surface area contributed by atoms with Crippen molar-refractivity contribution in [1.29, 1.82) is 0 Å².